The highest BCUT2D eigenvalue weighted by atomic mass is 79.9. The fraction of sp³-hybridized carbons (Fsp3) is 0.333. The molecule has 2 rings (SSSR count). The lowest BCUT2D eigenvalue weighted by Gasteiger charge is -2.07. The summed E-state index contributed by atoms with van der Waals surface area (Å²) >= 11 is 0. The monoisotopic (exact) mass is 267 g/mol. The Morgan fingerprint density at radius 1 is 1.14 bits per heavy atom. The Morgan fingerprint density at radius 3 is 2.43 bits per heavy atom. The van der Waals surface area contributed by atoms with Gasteiger partial charge in [-0.25, -0.2) is 0 Å². The molecule has 0 bridgehead atoms. The van der Waals surface area contributed by atoms with Crippen LogP contribution >= 0.6 is 0 Å². The van der Waals surface area contributed by atoms with Gasteiger partial charge in [0.05, 0.1) is 5.56 Å². The van der Waals surface area contributed by atoms with E-state index in [4.69, 9.17) is 0 Å². The Bertz CT molecular complexity index is 341. The molecule has 0 saturated heterocycles. The Labute approximate surface area is 91.6 Å². The zero-order valence-corrected chi connectivity index (χ0v) is 8.74. The standard InChI is InChI=1S/C9H8F3N.BrH/c10-9(11,12)8-2-1-6-4-13-5-7(6)3-8;/h1-3,13H,4-5H2;1H. The van der Waals surface area contributed by atoms with E-state index in [1.54, 1.807) is 0 Å². The highest BCUT2D eigenvalue weighted by Crippen LogP contribution is 2.31. The van der Waals surface area contributed by atoms with Crippen molar-refractivity contribution in [2.24, 2.45) is 0 Å². The van der Waals surface area contributed by atoms with Crippen molar-refractivity contribution in [3.8, 4) is 0 Å². The normalized spacial score (nSPS) is 14.8. The lowest BCUT2D eigenvalue weighted by molar-refractivity contribution is -0.137. The van der Waals surface area contributed by atoms with Crippen molar-refractivity contribution in [2.45, 2.75) is 19.3 Å². The highest BCUT2D eigenvalue weighted by molar-refractivity contribution is 5.35. The molecule has 1 aromatic rings. The van der Waals surface area contributed by atoms with Gasteiger partial charge < -0.3 is 22.3 Å². The quantitative estimate of drug-likeness (QED) is 0.664. The van der Waals surface area contributed by atoms with Crippen molar-refractivity contribution in [3.63, 3.8) is 0 Å². The summed E-state index contributed by atoms with van der Waals surface area (Å²) < 4.78 is 36.7. The van der Waals surface area contributed by atoms with Crippen molar-refractivity contribution in [3.05, 3.63) is 34.9 Å². The Hall–Kier alpha value is -0.550. The van der Waals surface area contributed by atoms with Crippen molar-refractivity contribution in [1.82, 2.24) is 5.32 Å². The molecule has 0 spiro atoms. The third-order valence-electron chi connectivity index (χ3n) is 2.16. The van der Waals surface area contributed by atoms with Gasteiger partial charge in [-0.3, -0.25) is 0 Å². The second kappa shape index (κ2) is 3.90. The van der Waals surface area contributed by atoms with Gasteiger partial charge in [-0.05, 0) is 23.3 Å². The summed E-state index contributed by atoms with van der Waals surface area (Å²) in [5.74, 6) is 0. The molecule has 0 unspecified atom stereocenters. The lowest BCUT2D eigenvalue weighted by Crippen LogP contribution is -3.00. The van der Waals surface area contributed by atoms with Gasteiger partial charge in [0.25, 0.3) is 0 Å². The molecular weight excluding hydrogens is 259 g/mol. The maximum absolute atomic E-state index is 12.2. The van der Waals surface area contributed by atoms with Crippen LogP contribution in [0.1, 0.15) is 18.1 Å². The minimum absolute atomic E-state index is 0. The number of hydrogen-bond acceptors (Lipinski definition) is 1. The molecule has 14 heavy (non-hydrogen) atoms. The molecule has 0 atom stereocenters. The summed E-state index contributed by atoms with van der Waals surface area (Å²) in [4.78, 5) is 0. The molecular formula is C9H9BrF3N. The minimum Gasteiger partial charge on any atom is -1.00 e. The maximum Gasteiger partial charge on any atom is 1.00 e. The number of alkyl halides is 3. The second-order valence-corrected chi connectivity index (χ2v) is 3.08. The Morgan fingerprint density at radius 2 is 1.79 bits per heavy atom. The van der Waals surface area contributed by atoms with Crippen LogP contribution < -0.4 is 22.3 Å². The number of halogens is 4. The first-order valence-electron chi connectivity index (χ1n) is 3.97. The van der Waals surface area contributed by atoms with Crippen LogP contribution in [-0.2, 0) is 19.3 Å². The molecule has 78 valence electrons. The summed E-state index contributed by atoms with van der Waals surface area (Å²) in [5.41, 5.74) is 1.16. The predicted octanol–water partition coefficient (Wildman–Crippen LogP) is -0.575. The summed E-state index contributed by atoms with van der Waals surface area (Å²) in [6.07, 6.45) is -4.22. The van der Waals surface area contributed by atoms with Gasteiger partial charge >= 0.3 is 7.60 Å². The number of hydrogen-bond donors (Lipinski definition) is 1. The van der Waals surface area contributed by atoms with Gasteiger partial charge in [0.1, 0.15) is 0 Å². The molecule has 0 aromatic heterocycles. The minimum atomic E-state index is -4.22. The molecule has 0 amide bonds. The topological polar surface area (TPSA) is 12.0 Å². The van der Waals surface area contributed by atoms with Crippen LogP contribution in [0.2, 0.25) is 0 Å². The predicted molar refractivity (Wildman–Crippen MR) is 43.1 cm³/mol. The molecule has 0 radical (unpaired) electrons. The van der Waals surface area contributed by atoms with Crippen LogP contribution in [0.3, 0.4) is 0 Å². The van der Waals surface area contributed by atoms with E-state index in [0.29, 0.717) is 13.1 Å². The molecule has 0 aliphatic carbocycles. The molecule has 1 N–H and O–H groups in total. The molecule has 0 fully saturated rings. The number of nitrogens with one attached hydrogen (secondary N) is 1. The fourth-order valence-corrected chi connectivity index (χ4v) is 1.47. The first-order chi connectivity index (χ1) is 6.07. The van der Waals surface area contributed by atoms with Crippen LogP contribution in [0.5, 0.6) is 0 Å². The second-order valence-electron chi connectivity index (χ2n) is 3.08. The summed E-state index contributed by atoms with van der Waals surface area (Å²) in [6, 6.07) is 3.89. The first kappa shape index (κ1) is 11.5. The van der Waals surface area contributed by atoms with E-state index >= 15 is 0 Å². The van der Waals surface area contributed by atoms with Crippen LogP contribution in [-0.4, -0.2) is 0 Å². The van der Waals surface area contributed by atoms with Crippen molar-refractivity contribution in [2.75, 3.05) is 0 Å². The highest BCUT2D eigenvalue weighted by Gasteiger charge is 2.31. The zero-order chi connectivity index (χ0) is 9.47. The fourth-order valence-electron chi connectivity index (χ4n) is 1.47. The third-order valence-corrected chi connectivity index (χ3v) is 2.16. The number of benzene rings is 1. The molecule has 5 heteroatoms. The number of rotatable bonds is 0. The van der Waals surface area contributed by atoms with Crippen LogP contribution in [0.4, 0.5) is 13.2 Å². The van der Waals surface area contributed by atoms with Crippen LogP contribution in [0.25, 0.3) is 0 Å². The first-order valence-corrected chi connectivity index (χ1v) is 3.97. The summed E-state index contributed by atoms with van der Waals surface area (Å²) in [7, 11) is 0. The summed E-state index contributed by atoms with van der Waals surface area (Å²) in [6.45, 7) is 1.22. The van der Waals surface area contributed by atoms with E-state index < -0.39 is 11.7 Å². The van der Waals surface area contributed by atoms with Gasteiger partial charge in [-0.2, -0.15) is 13.2 Å². The van der Waals surface area contributed by atoms with Gasteiger partial charge in [0, 0.05) is 13.1 Å². The van der Waals surface area contributed by atoms with Gasteiger partial charge in [-0.15, -0.1) is 0 Å². The van der Waals surface area contributed by atoms with Crippen molar-refractivity contribution >= 4 is 0 Å². The summed E-state index contributed by atoms with van der Waals surface area (Å²) in [5, 5.41) is 3.00. The third kappa shape index (κ3) is 2.09. The van der Waals surface area contributed by atoms with Gasteiger partial charge in [0.15, 0.2) is 0 Å². The van der Waals surface area contributed by atoms with E-state index in [2.05, 4.69) is 5.32 Å². The molecule has 1 aliphatic rings. The molecule has 0 saturated carbocycles. The maximum atomic E-state index is 12.2. The lowest BCUT2D eigenvalue weighted by atomic mass is 10.1. The van der Waals surface area contributed by atoms with E-state index in [1.165, 1.54) is 12.1 Å². The van der Waals surface area contributed by atoms with Crippen LogP contribution in [0, 0.1) is 0 Å². The molecule has 1 aliphatic heterocycles. The molecule has 1 heterocycles. The van der Waals surface area contributed by atoms with Gasteiger partial charge in [-0.1, -0.05) is 6.07 Å². The van der Waals surface area contributed by atoms with Crippen LogP contribution in [0.15, 0.2) is 18.2 Å². The van der Waals surface area contributed by atoms with E-state index in [-0.39, 0.29) is 18.4 Å². The zero-order valence-electron chi connectivity index (χ0n) is 8.16. The van der Waals surface area contributed by atoms with E-state index in [0.717, 1.165) is 17.2 Å². The van der Waals surface area contributed by atoms with Crippen molar-refractivity contribution < 1.29 is 31.6 Å². The Balaban J connectivity index is 0.000000980. The Kier molecular flexibility index (Phi) is 3.21. The SMILES string of the molecule is FC(F)(F)c1ccc2c(c1)CNC2.[Br-].[H+]. The smallest absolute Gasteiger partial charge is 1.00 e. The van der Waals surface area contributed by atoms with Crippen molar-refractivity contribution in [1.29, 1.82) is 0 Å². The average Bonchev–Trinajstić information content (AvgIpc) is 2.47. The largest absolute Gasteiger partial charge is 1.00 e. The van der Waals surface area contributed by atoms with E-state index in [1.807, 2.05) is 0 Å². The molecule has 1 aromatic carbocycles. The average molecular weight is 268 g/mol. The van der Waals surface area contributed by atoms with Gasteiger partial charge in [0.2, 0.25) is 0 Å². The van der Waals surface area contributed by atoms with E-state index in [9.17, 15) is 13.2 Å². The number of fused-ring (bicyclic) bond motifs is 1. The molecule has 1 nitrogen and oxygen atoms in total.